The number of hydrogen-bond acceptors (Lipinski definition) is 1. The first-order valence-electron chi connectivity index (χ1n) is 22.0. The smallest absolute Gasteiger partial charge is 0.0540 e. The van der Waals surface area contributed by atoms with Crippen LogP contribution in [0, 0.1) is 6.92 Å². The van der Waals surface area contributed by atoms with Crippen LogP contribution in [0.3, 0.4) is 0 Å². The summed E-state index contributed by atoms with van der Waals surface area (Å²) < 4.78 is 2.46. The van der Waals surface area contributed by atoms with Gasteiger partial charge in [-0.15, -0.1) is 6.58 Å². The van der Waals surface area contributed by atoms with Crippen molar-refractivity contribution < 1.29 is 0 Å². The molecule has 306 valence electrons. The Morgan fingerprint density at radius 3 is 2.35 bits per heavy atom. The van der Waals surface area contributed by atoms with Crippen LogP contribution in [0.15, 0.2) is 231 Å². The minimum atomic E-state index is 0.178. The molecule has 0 bridgehead atoms. The minimum Gasteiger partial charge on any atom is -0.313 e. The summed E-state index contributed by atoms with van der Waals surface area (Å²) in [5.74, 6) is 0.178. The number of aryl methyl sites for hydroxylation is 1. The lowest BCUT2D eigenvalue weighted by molar-refractivity contribution is 0.868. The van der Waals surface area contributed by atoms with Gasteiger partial charge in [-0.2, -0.15) is 0 Å². The Bertz CT molecular complexity index is 3050. The second-order valence-electron chi connectivity index (χ2n) is 16.2. The molecule has 0 fully saturated rings. The summed E-state index contributed by atoms with van der Waals surface area (Å²) in [6.45, 7) is 10.4. The van der Waals surface area contributed by atoms with Gasteiger partial charge in [-0.25, -0.2) is 0 Å². The van der Waals surface area contributed by atoms with Crippen LogP contribution in [0.1, 0.15) is 52.3 Å². The number of hydrogen-bond donors (Lipinski definition) is 0. The Morgan fingerprint density at radius 2 is 1.51 bits per heavy atom. The average molecular weight is 813 g/mol. The van der Waals surface area contributed by atoms with Gasteiger partial charge in [0.25, 0.3) is 0 Å². The zero-order chi connectivity index (χ0) is 43.0. The Hall–Kier alpha value is -7.68. The van der Waals surface area contributed by atoms with Crippen molar-refractivity contribution >= 4 is 57.0 Å². The van der Waals surface area contributed by atoms with Gasteiger partial charge in [-0.1, -0.05) is 182 Å². The molecule has 7 aromatic rings. The van der Waals surface area contributed by atoms with Crippen molar-refractivity contribution in [3.8, 4) is 11.1 Å². The zero-order valence-corrected chi connectivity index (χ0v) is 35.9. The maximum Gasteiger partial charge on any atom is 0.0540 e. The summed E-state index contributed by atoms with van der Waals surface area (Å²) in [7, 11) is 0. The molecule has 2 nitrogen and oxygen atoms in total. The van der Waals surface area contributed by atoms with E-state index in [2.05, 4.69) is 248 Å². The minimum absolute atomic E-state index is 0.178. The molecule has 2 aliphatic carbocycles. The Balaban J connectivity index is 1.08. The highest BCUT2D eigenvalue weighted by molar-refractivity contribution is 6.02. The average Bonchev–Trinajstić information content (AvgIpc) is 3.55. The van der Waals surface area contributed by atoms with E-state index >= 15 is 0 Å². The van der Waals surface area contributed by atoms with E-state index in [1.54, 1.807) is 0 Å². The SMILES string of the molecule is C=C/C=C\C(=C\c1cccc(-c2cccc3c2c2c(n3C3=CC=CC=CC3)C=CC=CC2)c1)N(c1ccc(C)cc1)c1ccc(C(C=C)C/C=C/c2cccc3ccccc23)cc1. The van der Waals surface area contributed by atoms with Crippen molar-refractivity contribution in [2.75, 3.05) is 4.90 Å². The van der Waals surface area contributed by atoms with Crippen molar-refractivity contribution in [2.45, 2.75) is 32.1 Å². The van der Waals surface area contributed by atoms with Crippen LogP contribution in [0.25, 0.3) is 56.7 Å². The van der Waals surface area contributed by atoms with Gasteiger partial charge in [0.05, 0.1) is 11.2 Å². The molecular formula is C61H52N2. The van der Waals surface area contributed by atoms with Crippen molar-refractivity contribution in [2.24, 2.45) is 0 Å². The standard InChI is InChI=1S/C61H52N2/c1-4-6-27-55(44-46-20-16-26-51(43-46)57-32-19-34-60-61(57)58-31-12-9-13-33-59(58)63(60)52-28-10-7-8-11-29-52)62(53-39-35-45(3)36-40-53)54-41-37-48(38-42-54)47(5-2)22-17-23-50-25-18-24-49-21-14-15-30-56(49)50/h4-21,23-28,30,32-44,47H,1-2,22,29,31H2,3H3/b23-17+,27-6-,55-44-. The summed E-state index contributed by atoms with van der Waals surface area (Å²) >= 11 is 0. The Kier molecular flexibility index (Phi) is 12.2. The van der Waals surface area contributed by atoms with Gasteiger partial charge in [0.1, 0.15) is 0 Å². The third kappa shape index (κ3) is 8.76. The van der Waals surface area contributed by atoms with E-state index in [1.807, 2.05) is 12.2 Å². The maximum atomic E-state index is 4.25. The molecular weight excluding hydrogens is 761 g/mol. The maximum absolute atomic E-state index is 4.25. The molecule has 9 rings (SSSR count). The van der Waals surface area contributed by atoms with Crippen LogP contribution >= 0.6 is 0 Å². The van der Waals surface area contributed by atoms with Gasteiger partial charge in [-0.05, 0) is 125 Å². The molecule has 0 N–H and O–H groups in total. The molecule has 2 aliphatic rings. The second-order valence-corrected chi connectivity index (χ2v) is 16.2. The molecule has 0 spiro atoms. The molecule has 1 aromatic heterocycles. The molecule has 1 unspecified atom stereocenters. The monoisotopic (exact) mass is 812 g/mol. The lowest BCUT2D eigenvalue weighted by atomic mass is 9.94. The van der Waals surface area contributed by atoms with Gasteiger partial charge in [0, 0.05) is 40.5 Å². The van der Waals surface area contributed by atoms with E-state index in [-0.39, 0.29) is 5.92 Å². The third-order valence-electron chi connectivity index (χ3n) is 12.1. The van der Waals surface area contributed by atoms with Crippen LogP contribution in [0.5, 0.6) is 0 Å². The Labute approximate surface area is 372 Å². The fraction of sp³-hybridized carbons (Fsp3) is 0.0820. The number of nitrogens with zero attached hydrogens (tertiary/aromatic N) is 2. The molecule has 0 aliphatic heterocycles. The van der Waals surface area contributed by atoms with Crippen molar-refractivity contribution in [1.29, 1.82) is 0 Å². The van der Waals surface area contributed by atoms with E-state index in [4.69, 9.17) is 0 Å². The topological polar surface area (TPSA) is 8.17 Å². The number of allylic oxidation sites excluding steroid dienone is 14. The van der Waals surface area contributed by atoms with E-state index in [0.29, 0.717) is 0 Å². The molecule has 0 saturated heterocycles. The molecule has 0 radical (unpaired) electrons. The number of fused-ring (bicyclic) bond motifs is 4. The molecule has 1 atom stereocenters. The number of anilines is 2. The normalized spacial score (nSPS) is 14.2. The summed E-state index contributed by atoms with van der Waals surface area (Å²) in [5, 5.41) is 3.83. The van der Waals surface area contributed by atoms with Crippen LogP contribution in [0.4, 0.5) is 11.4 Å². The second kappa shape index (κ2) is 18.9. The lowest BCUT2D eigenvalue weighted by Crippen LogP contribution is -2.15. The number of benzene rings is 6. The largest absolute Gasteiger partial charge is 0.313 e. The molecule has 6 aromatic carbocycles. The van der Waals surface area contributed by atoms with E-state index < -0.39 is 0 Å². The third-order valence-corrected chi connectivity index (χ3v) is 12.1. The molecule has 1 heterocycles. The molecule has 0 amide bonds. The molecule has 2 heteroatoms. The first-order chi connectivity index (χ1) is 31.1. The van der Waals surface area contributed by atoms with Crippen molar-refractivity contribution in [3.05, 3.63) is 265 Å². The predicted molar refractivity (Wildman–Crippen MR) is 274 cm³/mol. The first-order valence-corrected chi connectivity index (χ1v) is 22.0. The van der Waals surface area contributed by atoms with Gasteiger partial charge < -0.3 is 9.47 Å². The van der Waals surface area contributed by atoms with E-state index in [0.717, 1.165) is 41.9 Å². The zero-order valence-electron chi connectivity index (χ0n) is 35.9. The van der Waals surface area contributed by atoms with E-state index in [1.165, 1.54) is 66.4 Å². The lowest BCUT2D eigenvalue weighted by Gasteiger charge is -2.27. The summed E-state index contributed by atoms with van der Waals surface area (Å²) in [4.78, 5) is 2.34. The highest BCUT2D eigenvalue weighted by Crippen LogP contribution is 2.40. The molecule has 63 heavy (non-hydrogen) atoms. The number of rotatable bonds is 13. The van der Waals surface area contributed by atoms with Gasteiger partial charge in [0.2, 0.25) is 0 Å². The fourth-order valence-corrected chi connectivity index (χ4v) is 8.95. The van der Waals surface area contributed by atoms with E-state index in [9.17, 15) is 0 Å². The van der Waals surface area contributed by atoms with Gasteiger partial charge in [-0.3, -0.25) is 0 Å². The number of aromatic nitrogens is 1. The van der Waals surface area contributed by atoms with Crippen molar-refractivity contribution in [3.63, 3.8) is 0 Å². The summed E-state index contributed by atoms with van der Waals surface area (Å²) in [6.07, 6.45) is 37.3. The van der Waals surface area contributed by atoms with Gasteiger partial charge in [0.15, 0.2) is 0 Å². The summed E-state index contributed by atoms with van der Waals surface area (Å²) in [5.41, 5.74) is 15.5. The highest BCUT2D eigenvalue weighted by atomic mass is 15.1. The first kappa shape index (κ1) is 40.7. The van der Waals surface area contributed by atoms with Crippen LogP contribution < -0.4 is 4.90 Å². The highest BCUT2D eigenvalue weighted by Gasteiger charge is 2.21. The van der Waals surface area contributed by atoms with Crippen LogP contribution in [0.2, 0.25) is 0 Å². The van der Waals surface area contributed by atoms with Crippen LogP contribution in [-0.2, 0) is 6.42 Å². The predicted octanol–water partition coefficient (Wildman–Crippen LogP) is 16.5. The summed E-state index contributed by atoms with van der Waals surface area (Å²) in [6, 6.07) is 48.5. The Morgan fingerprint density at radius 1 is 0.746 bits per heavy atom. The fourth-order valence-electron chi connectivity index (χ4n) is 8.95. The van der Waals surface area contributed by atoms with Crippen LogP contribution in [-0.4, -0.2) is 4.57 Å². The molecule has 0 saturated carbocycles. The van der Waals surface area contributed by atoms with Gasteiger partial charge >= 0.3 is 0 Å². The quantitative estimate of drug-likeness (QED) is 0.0832. The van der Waals surface area contributed by atoms with Crippen molar-refractivity contribution in [1.82, 2.24) is 4.57 Å².